The maximum atomic E-state index is 12.2. The first kappa shape index (κ1) is 16.7. The molecule has 1 rings (SSSR count). The third-order valence-corrected chi connectivity index (χ3v) is 5.44. The molecule has 0 aliphatic carbocycles. The van der Waals surface area contributed by atoms with Gasteiger partial charge in [0.25, 0.3) is 0 Å². The summed E-state index contributed by atoms with van der Waals surface area (Å²) in [4.78, 5) is 0. The summed E-state index contributed by atoms with van der Waals surface area (Å²) < 4.78 is 27.1. The third kappa shape index (κ3) is 5.63. The lowest BCUT2D eigenvalue weighted by Crippen LogP contribution is -2.41. The second-order valence-electron chi connectivity index (χ2n) is 5.22. The third-order valence-electron chi connectivity index (χ3n) is 3.14. The first-order chi connectivity index (χ1) is 8.85. The first-order valence-electron chi connectivity index (χ1n) is 6.46. The summed E-state index contributed by atoms with van der Waals surface area (Å²) >= 11 is 3.35. The van der Waals surface area contributed by atoms with E-state index in [-0.39, 0.29) is 23.6 Å². The van der Waals surface area contributed by atoms with Gasteiger partial charge < -0.3 is 0 Å². The van der Waals surface area contributed by atoms with Crippen molar-refractivity contribution >= 4 is 26.0 Å². The molecule has 1 aromatic rings. The molecule has 0 spiro atoms. The number of benzene rings is 1. The molecule has 0 amide bonds. The summed E-state index contributed by atoms with van der Waals surface area (Å²) in [5, 5.41) is 0.629. The second-order valence-corrected chi connectivity index (χ2v) is 7.66. The van der Waals surface area contributed by atoms with E-state index in [1.807, 2.05) is 51.1 Å². The van der Waals surface area contributed by atoms with Crippen LogP contribution in [0.15, 0.2) is 30.3 Å². The predicted octanol–water partition coefficient (Wildman–Crippen LogP) is 3.13. The summed E-state index contributed by atoms with van der Waals surface area (Å²) in [5.74, 6) is 0.371. The highest BCUT2D eigenvalue weighted by Crippen LogP contribution is 2.17. The molecule has 0 bridgehead atoms. The van der Waals surface area contributed by atoms with Gasteiger partial charge in [0.15, 0.2) is 0 Å². The monoisotopic (exact) mass is 347 g/mol. The van der Waals surface area contributed by atoms with Gasteiger partial charge in [0.1, 0.15) is 0 Å². The van der Waals surface area contributed by atoms with Crippen LogP contribution in [0.2, 0.25) is 0 Å². The number of hydrogen-bond acceptors (Lipinski definition) is 2. The molecular weight excluding hydrogens is 326 g/mol. The SMILES string of the molecule is CC(CS(=O)(=O)NC(CBr)C(C)C)c1ccccc1. The summed E-state index contributed by atoms with van der Waals surface area (Å²) in [5.41, 5.74) is 1.05. The molecule has 0 aliphatic heterocycles. The van der Waals surface area contributed by atoms with Gasteiger partial charge in [-0.25, -0.2) is 13.1 Å². The van der Waals surface area contributed by atoms with Crippen molar-refractivity contribution in [1.29, 1.82) is 0 Å². The van der Waals surface area contributed by atoms with E-state index >= 15 is 0 Å². The number of rotatable bonds is 7. The van der Waals surface area contributed by atoms with E-state index in [9.17, 15) is 8.42 Å². The molecule has 0 heterocycles. The number of alkyl halides is 1. The van der Waals surface area contributed by atoms with E-state index in [0.717, 1.165) is 5.56 Å². The lowest BCUT2D eigenvalue weighted by molar-refractivity contribution is 0.482. The van der Waals surface area contributed by atoms with E-state index < -0.39 is 10.0 Å². The Morgan fingerprint density at radius 1 is 1.16 bits per heavy atom. The normalized spacial score (nSPS) is 15.4. The zero-order chi connectivity index (χ0) is 14.5. The molecule has 0 aromatic heterocycles. The molecule has 3 nitrogen and oxygen atoms in total. The molecule has 1 N–H and O–H groups in total. The van der Waals surface area contributed by atoms with Crippen molar-refractivity contribution in [1.82, 2.24) is 4.72 Å². The van der Waals surface area contributed by atoms with Crippen molar-refractivity contribution in [3.63, 3.8) is 0 Å². The Bertz CT molecular complexity index is 473. The van der Waals surface area contributed by atoms with Crippen LogP contribution >= 0.6 is 15.9 Å². The lowest BCUT2D eigenvalue weighted by atomic mass is 10.0. The van der Waals surface area contributed by atoms with Crippen LogP contribution in [0.1, 0.15) is 32.3 Å². The van der Waals surface area contributed by atoms with Crippen LogP contribution in [0.25, 0.3) is 0 Å². The topological polar surface area (TPSA) is 46.2 Å². The highest BCUT2D eigenvalue weighted by molar-refractivity contribution is 9.09. The Kier molecular flexibility index (Phi) is 6.50. The minimum Gasteiger partial charge on any atom is -0.212 e. The van der Waals surface area contributed by atoms with Crippen LogP contribution in [-0.4, -0.2) is 25.5 Å². The van der Waals surface area contributed by atoms with Crippen molar-refractivity contribution < 1.29 is 8.42 Å². The van der Waals surface area contributed by atoms with E-state index in [1.165, 1.54) is 0 Å². The number of sulfonamides is 1. The van der Waals surface area contributed by atoms with E-state index in [1.54, 1.807) is 0 Å². The van der Waals surface area contributed by atoms with Crippen LogP contribution in [0, 0.1) is 5.92 Å². The molecule has 108 valence electrons. The number of nitrogens with one attached hydrogen (secondary N) is 1. The highest BCUT2D eigenvalue weighted by atomic mass is 79.9. The van der Waals surface area contributed by atoms with Gasteiger partial charge in [-0.1, -0.05) is 67.0 Å². The van der Waals surface area contributed by atoms with Crippen LogP contribution in [-0.2, 0) is 10.0 Å². The van der Waals surface area contributed by atoms with Crippen LogP contribution < -0.4 is 4.72 Å². The van der Waals surface area contributed by atoms with Gasteiger partial charge in [-0.15, -0.1) is 0 Å². The Labute approximate surface area is 125 Å². The molecule has 2 atom stereocenters. The maximum absolute atomic E-state index is 12.2. The summed E-state index contributed by atoms with van der Waals surface area (Å²) in [6.07, 6.45) is 0. The van der Waals surface area contributed by atoms with Crippen molar-refractivity contribution in [2.45, 2.75) is 32.7 Å². The summed E-state index contributed by atoms with van der Waals surface area (Å²) in [6.45, 7) is 5.96. The molecule has 0 saturated heterocycles. The van der Waals surface area contributed by atoms with Crippen molar-refractivity contribution in [2.24, 2.45) is 5.92 Å². The molecule has 0 aliphatic rings. The Morgan fingerprint density at radius 2 is 1.74 bits per heavy atom. The van der Waals surface area contributed by atoms with E-state index in [0.29, 0.717) is 5.33 Å². The fourth-order valence-corrected chi connectivity index (χ4v) is 4.72. The van der Waals surface area contributed by atoms with Crippen LogP contribution in [0.3, 0.4) is 0 Å². The molecule has 0 saturated carbocycles. The quantitative estimate of drug-likeness (QED) is 0.770. The molecule has 1 aromatic carbocycles. The Morgan fingerprint density at radius 3 is 2.21 bits per heavy atom. The average Bonchev–Trinajstić information content (AvgIpc) is 2.36. The van der Waals surface area contributed by atoms with Gasteiger partial charge in [-0.3, -0.25) is 0 Å². The van der Waals surface area contributed by atoms with Crippen molar-refractivity contribution in [3.8, 4) is 0 Å². The largest absolute Gasteiger partial charge is 0.212 e. The number of halogens is 1. The fraction of sp³-hybridized carbons (Fsp3) is 0.571. The smallest absolute Gasteiger partial charge is 0.212 e. The minimum atomic E-state index is -3.27. The van der Waals surface area contributed by atoms with E-state index in [2.05, 4.69) is 20.7 Å². The van der Waals surface area contributed by atoms with Crippen LogP contribution in [0.5, 0.6) is 0 Å². The maximum Gasteiger partial charge on any atom is 0.212 e. The second kappa shape index (κ2) is 7.41. The Hall–Kier alpha value is -0.390. The fourth-order valence-electron chi connectivity index (χ4n) is 1.83. The Balaban J connectivity index is 2.69. The summed E-state index contributed by atoms with van der Waals surface area (Å²) in [7, 11) is -3.27. The van der Waals surface area contributed by atoms with Gasteiger partial charge in [0.05, 0.1) is 5.75 Å². The average molecular weight is 348 g/mol. The van der Waals surface area contributed by atoms with Crippen molar-refractivity contribution in [2.75, 3.05) is 11.1 Å². The lowest BCUT2D eigenvalue weighted by Gasteiger charge is -2.21. The molecule has 19 heavy (non-hydrogen) atoms. The zero-order valence-corrected chi connectivity index (χ0v) is 14.0. The molecule has 0 fully saturated rings. The van der Waals surface area contributed by atoms with Gasteiger partial charge in [-0.2, -0.15) is 0 Å². The molecule has 2 unspecified atom stereocenters. The molecule has 0 radical (unpaired) electrons. The van der Waals surface area contributed by atoms with Gasteiger partial charge in [0, 0.05) is 11.4 Å². The molecule has 5 heteroatoms. The summed E-state index contributed by atoms with van der Waals surface area (Å²) in [6, 6.07) is 9.66. The van der Waals surface area contributed by atoms with Crippen LogP contribution in [0.4, 0.5) is 0 Å². The van der Waals surface area contributed by atoms with Gasteiger partial charge in [0.2, 0.25) is 10.0 Å². The van der Waals surface area contributed by atoms with Gasteiger partial charge >= 0.3 is 0 Å². The first-order valence-corrected chi connectivity index (χ1v) is 9.24. The van der Waals surface area contributed by atoms with Crippen molar-refractivity contribution in [3.05, 3.63) is 35.9 Å². The standard InChI is InChI=1S/C14H22BrNO2S/c1-11(2)14(9-15)16-19(17,18)10-12(3)13-7-5-4-6-8-13/h4-8,11-12,14,16H,9-10H2,1-3H3. The number of hydrogen-bond donors (Lipinski definition) is 1. The predicted molar refractivity (Wildman–Crippen MR) is 84.2 cm³/mol. The zero-order valence-electron chi connectivity index (χ0n) is 11.6. The van der Waals surface area contributed by atoms with E-state index in [4.69, 9.17) is 0 Å². The highest BCUT2D eigenvalue weighted by Gasteiger charge is 2.22. The molecular formula is C14H22BrNO2S. The minimum absolute atomic E-state index is 0.0122. The van der Waals surface area contributed by atoms with Gasteiger partial charge in [-0.05, 0) is 17.4 Å².